The van der Waals surface area contributed by atoms with Gasteiger partial charge in [0.1, 0.15) is 23.9 Å². The van der Waals surface area contributed by atoms with E-state index >= 15 is 0 Å². The Labute approximate surface area is 223 Å². The van der Waals surface area contributed by atoms with Crippen molar-refractivity contribution in [3.63, 3.8) is 0 Å². The maximum absolute atomic E-state index is 13.3. The second-order valence-electron chi connectivity index (χ2n) is 9.66. The molecule has 3 atom stereocenters. The van der Waals surface area contributed by atoms with E-state index < -0.39 is 0 Å². The van der Waals surface area contributed by atoms with Crippen molar-refractivity contribution in [1.82, 2.24) is 10.2 Å². The Kier molecular flexibility index (Phi) is 8.99. The van der Waals surface area contributed by atoms with Crippen LogP contribution in [0.2, 0.25) is 0 Å². The molecule has 1 aliphatic heterocycles. The van der Waals surface area contributed by atoms with Crippen LogP contribution in [0.3, 0.4) is 0 Å². The average molecular weight is 518 g/mol. The van der Waals surface area contributed by atoms with Crippen molar-refractivity contribution in [1.29, 1.82) is 0 Å². The van der Waals surface area contributed by atoms with Gasteiger partial charge in [0.25, 0.3) is 11.8 Å². The minimum Gasteiger partial charge on any atom is -0.491 e. The van der Waals surface area contributed by atoms with Gasteiger partial charge in [0.2, 0.25) is 0 Å². The van der Waals surface area contributed by atoms with E-state index in [1.807, 2.05) is 37.3 Å². The van der Waals surface area contributed by atoms with Crippen molar-refractivity contribution < 1.29 is 23.8 Å². The summed E-state index contributed by atoms with van der Waals surface area (Å²) in [6.45, 7) is 5.70. The van der Waals surface area contributed by atoms with Gasteiger partial charge in [-0.3, -0.25) is 9.59 Å². The number of fused-ring (bicyclic) bond motifs is 1. The van der Waals surface area contributed by atoms with E-state index in [1.165, 1.54) is 0 Å². The van der Waals surface area contributed by atoms with Gasteiger partial charge in [-0.15, -0.1) is 0 Å². The number of likely N-dealkylation sites (N-methyl/N-ethyl adjacent to an activating group) is 1. The summed E-state index contributed by atoms with van der Waals surface area (Å²) in [6, 6.07) is 21.5. The highest BCUT2D eigenvalue weighted by Gasteiger charge is 2.25. The first-order valence-corrected chi connectivity index (χ1v) is 12.8. The molecule has 0 aliphatic carbocycles. The normalized spacial score (nSPS) is 20.4. The van der Waals surface area contributed by atoms with E-state index in [4.69, 9.17) is 14.2 Å². The molecule has 0 aromatic heterocycles. The van der Waals surface area contributed by atoms with Gasteiger partial charge < -0.3 is 29.7 Å². The molecule has 0 fully saturated rings. The van der Waals surface area contributed by atoms with Crippen molar-refractivity contribution >= 4 is 17.5 Å². The quantitative estimate of drug-likeness (QED) is 0.504. The molecule has 38 heavy (non-hydrogen) atoms. The highest BCUT2D eigenvalue weighted by atomic mass is 16.5. The molecule has 4 rings (SSSR count). The number of hydrogen-bond acceptors (Lipinski definition) is 6. The maximum atomic E-state index is 13.3. The zero-order valence-corrected chi connectivity index (χ0v) is 22.3. The van der Waals surface area contributed by atoms with E-state index in [2.05, 4.69) is 17.6 Å². The van der Waals surface area contributed by atoms with Gasteiger partial charge >= 0.3 is 0 Å². The topological polar surface area (TPSA) is 89.1 Å². The van der Waals surface area contributed by atoms with E-state index in [0.29, 0.717) is 41.5 Å². The number of nitrogens with zero attached hydrogens (tertiary/aromatic N) is 1. The van der Waals surface area contributed by atoms with Crippen LogP contribution in [-0.4, -0.2) is 62.7 Å². The molecule has 1 heterocycles. The van der Waals surface area contributed by atoms with E-state index in [1.54, 1.807) is 61.5 Å². The number of anilines is 1. The van der Waals surface area contributed by atoms with Crippen LogP contribution >= 0.6 is 0 Å². The summed E-state index contributed by atoms with van der Waals surface area (Å²) < 4.78 is 17.5. The van der Waals surface area contributed by atoms with E-state index in [0.717, 1.165) is 12.3 Å². The van der Waals surface area contributed by atoms with Crippen molar-refractivity contribution in [2.45, 2.75) is 26.0 Å². The smallest absolute Gasteiger partial charge is 0.257 e. The number of ether oxygens (including phenoxy) is 3. The summed E-state index contributed by atoms with van der Waals surface area (Å²) in [5, 5.41) is 6.37. The molecule has 2 amide bonds. The molecule has 0 saturated carbocycles. The molecule has 1 aliphatic rings. The van der Waals surface area contributed by atoms with Crippen LogP contribution in [0.15, 0.2) is 72.8 Å². The third kappa shape index (κ3) is 6.90. The summed E-state index contributed by atoms with van der Waals surface area (Å²) in [7, 11) is 3.43. The lowest BCUT2D eigenvalue weighted by Gasteiger charge is -2.30. The van der Waals surface area contributed by atoms with Crippen molar-refractivity contribution in [2.24, 2.45) is 5.92 Å². The van der Waals surface area contributed by atoms with Crippen LogP contribution in [0.1, 0.15) is 34.6 Å². The molecule has 200 valence electrons. The Bertz CT molecular complexity index is 1230. The van der Waals surface area contributed by atoms with Gasteiger partial charge in [0.05, 0.1) is 11.7 Å². The first-order chi connectivity index (χ1) is 18.3. The number of benzene rings is 3. The summed E-state index contributed by atoms with van der Waals surface area (Å²) >= 11 is 0. The molecule has 0 bridgehead atoms. The lowest BCUT2D eigenvalue weighted by atomic mass is 10.0. The summed E-state index contributed by atoms with van der Waals surface area (Å²) in [5.74, 6) is 1.55. The lowest BCUT2D eigenvalue weighted by Crippen LogP contribution is -2.44. The molecule has 2 N–H and O–H groups in total. The molecule has 3 aromatic carbocycles. The van der Waals surface area contributed by atoms with Crippen molar-refractivity contribution in [3.8, 4) is 17.2 Å². The van der Waals surface area contributed by atoms with Crippen LogP contribution < -0.4 is 20.1 Å². The molecular weight excluding hydrogens is 482 g/mol. The Balaban J connectivity index is 1.49. The highest BCUT2D eigenvalue weighted by Crippen LogP contribution is 2.27. The first kappa shape index (κ1) is 27.2. The molecule has 3 aromatic rings. The fourth-order valence-electron chi connectivity index (χ4n) is 4.24. The number of carbonyl (C=O) groups excluding carboxylic acids is 2. The first-order valence-electron chi connectivity index (χ1n) is 12.8. The zero-order valence-electron chi connectivity index (χ0n) is 22.3. The number of para-hydroxylation sites is 1. The number of nitrogens with one attached hydrogen (secondary N) is 2. The minimum atomic E-state index is -0.278. The third-order valence-electron chi connectivity index (χ3n) is 6.58. The largest absolute Gasteiger partial charge is 0.491 e. The summed E-state index contributed by atoms with van der Waals surface area (Å²) in [4.78, 5) is 27.9. The van der Waals surface area contributed by atoms with Crippen LogP contribution in [0.5, 0.6) is 17.2 Å². The van der Waals surface area contributed by atoms with Crippen LogP contribution in [-0.2, 0) is 4.74 Å². The lowest BCUT2D eigenvalue weighted by molar-refractivity contribution is 0.0281. The van der Waals surface area contributed by atoms with Crippen LogP contribution in [0.25, 0.3) is 0 Å². The number of amides is 2. The van der Waals surface area contributed by atoms with Crippen LogP contribution in [0, 0.1) is 5.92 Å². The van der Waals surface area contributed by atoms with Crippen LogP contribution in [0.4, 0.5) is 5.69 Å². The second kappa shape index (κ2) is 12.6. The molecule has 0 spiro atoms. The fourth-order valence-corrected chi connectivity index (χ4v) is 4.24. The van der Waals surface area contributed by atoms with E-state index in [-0.39, 0.29) is 29.9 Å². The predicted octanol–water partition coefficient (Wildman–Crippen LogP) is 4.82. The van der Waals surface area contributed by atoms with Gasteiger partial charge in [0.15, 0.2) is 0 Å². The fraction of sp³-hybridized carbons (Fsp3) is 0.333. The Morgan fingerprint density at radius 3 is 2.45 bits per heavy atom. The molecule has 0 unspecified atom stereocenters. The Hall–Kier alpha value is -3.88. The third-order valence-corrected chi connectivity index (χ3v) is 6.58. The van der Waals surface area contributed by atoms with Gasteiger partial charge in [-0.05, 0) is 61.4 Å². The summed E-state index contributed by atoms with van der Waals surface area (Å²) in [6.07, 6.45) is -0.101. The standard InChI is InChI=1S/C30H35N3O5/c1-20-17-31-21(2)19-37-27-16-23(12-15-26(27)30(35)33(3)18-28(20)36-4)32-29(34)22-10-13-25(14-11-22)38-24-8-6-5-7-9-24/h5-16,20-21,28,31H,17-19H2,1-4H3,(H,32,34)/t20-,21+,28+/m0/s1. The number of carbonyl (C=O) groups is 2. The van der Waals surface area contributed by atoms with Gasteiger partial charge in [-0.2, -0.15) is 0 Å². The van der Waals surface area contributed by atoms with Crippen molar-refractivity contribution in [2.75, 3.05) is 39.2 Å². The maximum Gasteiger partial charge on any atom is 0.257 e. The Morgan fingerprint density at radius 2 is 1.74 bits per heavy atom. The molecule has 0 saturated heterocycles. The van der Waals surface area contributed by atoms with Gasteiger partial charge in [-0.25, -0.2) is 0 Å². The van der Waals surface area contributed by atoms with Gasteiger partial charge in [-0.1, -0.05) is 25.1 Å². The summed E-state index contributed by atoms with van der Waals surface area (Å²) in [5.41, 5.74) is 1.44. The highest BCUT2D eigenvalue weighted by molar-refractivity contribution is 6.05. The second-order valence-corrected chi connectivity index (χ2v) is 9.66. The zero-order chi connectivity index (χ0) is 27.1. The number of rotatable bonds is 5. The molecule has 0 radical (unpaired) electrons. The number of methoxy groups -OCH3 is 1. The van der Waals surface area contributed by atoms with E-state index in [9.17, 15) is 9.59 Å². The minimum absolute atomic E-state index is 0.0601. The van der Waals surface area contributed by atoms with Gasteiger partial charge in [0, 0.05) is 50.6 Å². The SMILES string of the molecule is CO[C@@H]1CN(C)C(=O)c2ccc(NC(=O)c3ccc(Oc4ccccc4)cc3)cc2OC[C@@H](C)NC[C@@H]1C. The van der Waals surface area contributed by atoms with Crippen molar-refractivity contribution in [3.05, 3.63) is 83.9 Å². The molecular formula is C30H35N3O5. The number of hydrogen-bond donors (Lipinski definition) is 2. The Morgan fingerprint density at radius 1 is 1.03 bits per heavy atom. The predicted molar refractivity (Wildman–Crippen MR) is 147 cm³/mol. The molecule has 8 nitrogen and oxygen atoms in total. The average Bonchev–Trinajstić information content (AvgIpc) is 2.93. The molecule has 8 heteroatoms. The monoisotopic (exact) mass is 517 g/mol.